The van der Waals surface area contributed by atoms with Crippen molar-refractivity contribution in [1.29, 1.82) is 0 Å². The summed E-state index contributed by atoms with van der Waals surface area (Å²) in [5, 5.41) is 3.38. The molecule has 1 N–H and O–H groups in total. The van der Waals surface area contributed by atoms with Crippen molar-refractivity contribution >= 4 is 0 Å². The summed E-state index contributed by atoms with van der Waals surface area (Å²) in [7, 11) is 1.78. The van der Waals surface area contributed by atoms with Crippen LogP contribution in [0.1, 0.15) is 43.0 Å². The molecule has 0 fully saturated rings. The first-order chi connectivity index (χ1) is 8.27. The fraction of sp³-hybridized carbons (Fsp3) is 0.769. The van der Waals surface area contributed by atoms with Crippen molar-refractivity contribution in [1.82, 2.24) is 14.9 Å². The summed E-state index contributed by atoms with van der Waals surface area (Å²) < 4.78 is 7.77. The highest BCUT2D eigenvalue weighted by atomic mass is 16.5. The van der Waals surface area contributed by atoms with Crippen molar-refractivity contribution in [2.24, 2.45) is 0 Å². The molecule has 0 saturated heterocycles. The van der Waals surface area contributed by atoms with Crippen LogP contribution in [0.15, 0.2) is 0 Å². The van der Waals surface area contributed by atoms with Crippen molar-refractivity contribution in [2.75, 3.05) is 20.3 Å². The van der Waals surface area contributed by atoms with Crippen LogP contribution in [0.25, 0.3) is 0 Å². The molecule has 0 amide bonds. The van der Waals surface area contributed by atoms with Crippen LogP contribution in [0.4, 0.5) is 0 Å². The minimum absolute atomic E-state index is 0.444. The summed E-state index contributed by atoms with van der Waals surface area (Å²) in [6, 6.07) is 0.444. The first kappa shape index (κ1) is 12.6. The number of nitrogens with one attached hydrogen (secondary N) is 1. The second kappa shape index (κ2) is 5.65. The van der Waals surface area contributed by atoms with E-state index in [1.54, 1.807) is 7.11 Å². The highest BCUT2D eigenvalue weighted by Gasteiger charge is 2.22. The Labute approximate surface area is 103 Å². The first-order valence-electron chi connectivity index (χ1n) is 6.54. The maximum Gasteiger partial charge on any atom is 0.106 e. The van der Waals surface area contributed by atoms with Crippen molar-refractivity contribution in [3.8, 4) is 0 Å². The molecule has 0 bridgehead atoms. The Bertz CT molecular complexity index is 367. The standard InChI is InChI=1S/C13H23N3O/c1-4-5-11(9-17-3)16-10(2)15-12-8-14-7-6-13(12)16/h11,14H,4-9H2,1-3H3. The zero-order valence-electron chi connectivity index (χ0n) is 11.1. The molecule has 1 aliphatic rings. The minimum atomic E-state index is 0.444. The largest absolute Gasteiger partial charge is 0.383 e. The molecule has 1 aromatic heterocycles. The molecule has 4 heteroatoms. The smallest absolute Gasteiger partial charge is 0.106 e. The Hall–Kier alpha value is -0.870. The average molecular weight is 237 g/mol. The molecule has 2 rings (SSSR count). The highest BCUT2D eigenvalue weighted by Crippen LogP contribution is 2.24. The molecule has 0 aromatic carbocycles. The van der Waals surface area contributed by atoms with Crippen molar-refractivity contribution in [3.63, 3.8) is 0 Å². The number of aromatic nitrogens is 2. The quantitative estimate of drug-likeness (QED) is 0.849. The fourth-order valence-corrected chi connectivity index (χ4v) is 2.77. The van der Waals surface area contributed by atoms with Crippen molar-refractivity contribution in [2.45, 2.75) is 45.7 Å². The second-order valence-corrected chi connectivity index (χ2v) is 4.75. The van der Waals surface area contributed by atoms with E-state index in [1.807, 2.05) is 0 Å². The predicted octanol–water partition coefficient (Wildman–Crippen LogP) is 1.82. The lowest BCUT2D eigenvalue weighted by molar-refractivity contribution is 0.148. The Balaban J connectivity index is 2.31. The van der Waals surface area contributed by atoms with E-state index in [0.717, 1.165) is 38.4 Å². The van der Waals surface area contributed by atoms with Gasteiger partial charge in [-0.3, -0.25) is 0 Å². The minimum Gasteiger partial charge on any atom is -0.383 e. The fourth-order valence-electron chi connectivity index (χ4n) is 2.77. The molecule has 0 saturated carbocycles. The van der Waals surface area contributed by atoms with Gasteiger partial charge in [0.15, 0.2) is 0 Å². The molecule has 17 heavy (non-hydrogen) atoms. The van der Waals surface area contributed by atoms with Crippen LogP contribution in [0.2, 0.25) is 0 Å². The SMILES string of the molecule is CCCC(COC)n1c(C)nc2c1CCNC2. The summed E-state index contributed by atoms with van der Waals surface area (Å²) in [6.07, 6.45) is 3.42. The van der Waals surface area contributed by atoms with Crippen LogP contribution in [-0.4, -0.2) is 29.8 Å². The summed E-state index contributed by atoms with van der Waals surface area (Å²) in [5.41, 5.74) is 2.64. The van der Waals surface area contributed by atoms with Gasteiger partial charge in [-0.15, -0.1) is 0 Å². The molecule has 0 spiro atoms. The number of hydrogen-bond donors (Lipinski definition) is 1. The first-order valence-corrected chi connectivity index (χ1v) is 6.54. The van der Waals surface area contributed by atoms with Crippen LogP contribution in [0, 0.1) is 6.92 Å². The van der Waals surface area contributed by atoms with Gasteiger partial charge in [0, 0.05) is 32.3 Å². The molecular formula is C13H23N3O. The van der Waals surface area contributed by atoms with Gasteiger partial charge in [0.25, 0.3) is 0 Å². The van der Waals surface area contributed by atoms with Crippen molar-refractivity contribution < 1.29 is 4.74 Å². The van der Waals surface area contributed by atoms with Gasteiger partial charge in [0.05, 0.1) is 18.3 Å². The van der Waals surface area contributed by atoms with Gasteiger partial charge >= 0.3 is 0 Å². The van der Waals surface area contributed by atoms with E-state index in [-0.39, 0.29) is 0 Å². The number of nitrogens with zero attached hydrogens (tertiary/aromatic N) is 2. The summed E-state index contributed by atoms with van der Waals surface area (Å²) >= 11 is 0. The van der Waals surface area contributed by atoms with Gasteiger partial charge in [-0.2, -0.15) is 0 Å². The molecule has 1 atom stereocenters. The van der Waals surface area contributed by atoms with Crippen LogP contribution < -0.4 is 5.32 Å². The number of fused-ring (bicyclic) bond motifs is 1. The Morgan fingerprint density at radius 1 is 1.53 bits per heavy atom. The Morgan fingerprint density at radius 2 is 2.35 bits per heavy atom. The van der Waals surface area contributed by atoms with Crippen LogP contribution in [0.5, 0.6) is 0 Å². The Morgan fingerprint density at radius 3 is 3.06 bits per heavy atom. The van der Waals surface area contributed by atoms with Gasteiger partial charge in [-0.1, -0.05) is 13.3 Å². The monoisotopic (exact) mass is 237 g/mol. The molecule has 0 radical (unpaired) electrons. The third-order valence-electron chi connectivity index (χ3n) is 3.45. The van der Waals surface area contributed by atoms with E-state index in [1.165, 1.54) is 17.8 Å². The normalized spacial score (nSPS) is 16.9. The molecule has 4 nitrogen and oxygen atoms in total. The lowest BCUT2D eigenvalue weighted by Crippen LogP contribution is -2.27. The van der Waals surface area contributed by atoms with Gasteiger partial charge in [0.2, 0.25) is 0 Å². The molecular weight excluding hydrogens is 214 g/mol. The lowest BCUT2D eigenvalue weighted by Gasteiger charge is -2.23. The van der Waals surface area contributed by atoms with Gasteiger partial charge in [-0.25, -0.2) is 4.98 Å². The number of methoxy groups -OCH3 is 1. The lowest BCUT2D eigenvalue weighted by atomic mass is 10.1. The van der Waals surface area contributed by atoms with Crippen LogP contribution >= 0.6 is 0 Å². The summed E-state index contributed by atoms with van der Waals surface area (Å²) in [5.74, 6) is 1.13. The molecule has 96 valence electrons. The number of imidazole rings is 1. The highest BCUT2D eigenvalue weighted by molar-refractivity contribution is 5.20. The molecule has 0 aliphatic carbocycles. The Kier molecular flexibility index (Phi) is 4.18. The van der Waals surface area contributed by atoms with E-state index < -0.39 is 0 Å². The average Bonchev–Trinajstić information content (AvgIpc) is 2.64. The molecule has 1 aliphatic heterocycles. The molecule has 1 aromatic rings. The molecule has 2 heterocycles. The summed E-state index contributed by atoms with van der Waals surface area (Å²) in [6.45, 7) is 7.09. The van der Waals surface area contributed by atoms with E-state index in [4.69, 9.17) is 4.74 Å². The number of aryl methyl sites for hydroxylation is 1. The van der Waals surface area contributed by atoms with E-state index >= 15 is 0 Å². The van der Waals surface area contributed by atoms with E-state index in [9.17, 15) is 0 Å². The third kappa shape index (κ3) is 2.53. The zero-order chi connectivity index (χ0) is 12.3. The van der Waals surface area contributed by atoms with Crippen molar-refractivity contribution in [3.05, 3.63) is 17.2 Å². The van der Waals surface area contributed by atoms with Gasteiger partial charge in [-0.05, 0) is 13.3 Å². The number of ether oxygens (including phenoxy) is 1. The third-order valence-corrected chi connectivity index (χ3v) is 3.45. The number of hydrogen-bond acceptors (Lipinski definition) is 3. The molecule has 1 unspecified atom stereocenters. The second-order valence-electron chi connectivity index (χ2n) is 4.75. The topological polar surface area (TPSA) is 39.1 Å². The van der Waals surface area contributed by atoms with Crippen LogP contribution in [0.3, 0.4) is 0 Å². The zero-order valence-corrected chi connectivity index (χ0v) is 11.1. The van der Waals surface area contributed by atoms with E-state index in [2.05, 4.69) is 28.7 Å². The van der Waals surface area contributed by atoms with E-state index in [0.29, 0.717) is 6.04 Å². The van der Waals surface area contributed by atoms with Gasteiger partial charge in [0.1, 0.15) is 5.82 Å². The summed E-state index contributed by atoms with van der Waals surface area (Å²) in [4.78, 5) is 4.68. The predicted molar refractivity (Wildman–Crippen MR) is 68.2 cm³/mol. The van der Waals surface area contributed by atoms with Gasteiger partial charge < -0.3 is 14.6 Å². The maximum atomic E-state index is 5.36. The maximum absolute atomic E-state index is 5.36. The van der Waals surface area contributed by atoms with Crippen LogP contribution in [-0.2, 0) is 17.7 Å². The number of rotatable bonds is 5.